The van der Waals surface area contributed by atoms with E-state index in [0.717, 1.165) is 35.8 Å². The Morgan fingerprint density at radius 1 is 0.939 bits per heavy atom. The van der Waals surface area contributed by atoms with Crippen molar-refractivity contribution < 1.29 is 19.1 Å². The molecule has 256 valence electrons. The molecular weight excluding hydrogens is 681 g/mol. The molecule has 1 aliphatic carbocycles. The van der Waals surface area contributed by atoms with E-state index in [9.17, 15) is 9.59 Å². The fraction of sp³-hybridized carbons (Fsp3) is 0.382. The van der Waals surface area contributed by atoms with E-state index >= 15 is 0 Å². The van der Waals surface area contributed by atoms with Crippen LogP contribution < -0.4 is 30.4 Å². The number of amidine groups is 1. The number of benzene rings is 2. The Morgan fingerprint density at radius 3 is 2.14 bits per heavy atom. The predicted molar refractivity (Wildman–Crippen MR) is 196 cm³/mol. The number of nitrogens with zero attached hydrogens (tertiary/aromatic N) is 5. The second-order valence-electron chi connectivity index (χ2n) is 13.1. The molecule has 15 heteroatoms. The summed E-state index contributed by atoms with van der Waals surface area (Å²) < 4.78 is 12.5. The van der Waals surface area contributed by atoms with Crippen LogP contribution >= 0.6 is 34.9 Å². The molecule has 0 fully saturated rings. The van der Waals surface area contributed by atoms with Gasteiger partial charge in [0.05, 0.1) is 25.7 Å². The van der Waals surface area contributed by atoms with E-state index in [0.29, 0.717) is 33.6 Å². The summed E-state index contributed by atoms with van der Waals surface area (Å²) in [6.45, 7) is 6.96. The number of aromatic nitrogens is 3. The van der Waals surface area contributed by atoms with E-state index in [1.165, 1.54) is 39.5 Å². The summed E-state index contributed by atoms with van der Waals surface area (Å²) in [6, 6.07) is 14.5. The van der Waals surface area contributed by atoms with Gasteiger partial charge in [0.15, 0.2) is 16.5 Å². The average molecular weight is 719 g/mol. The SMILES string of the molecule is COc1ccc(NC(=O)CSC2=NNC3c4c(sc5c4CC[C@@H](C(C)(C)C)C5)-n4c(SCC(=O)Nc5ccc(OC)cc5)nnc4N23)cc1. The third kappa shape index (κ3) is 6.71. The van der Waals surface area contributed by atoms with Crippen molar-refractivity contribution in [2.24, 2.45) is 16.4 Å². The molecule has 0 spiro atoms. The summed E-state index contributed by atoms with van der Waals surface area (Å²) >= 11 is 4.47. The van der Waals surface area contributed by atoms with Crippen LogP contribution in [0.25, 0.3) is 5.00 Å². The highest BCUT2D eigenvalue weighted by Crippen LogP contribution is 2.51. The van der Waals surface area contributed by atoms with Gasteiger partial charge in [-0.05, 0) is 84.7 Å². The van der Waals surface area contributed by atoms with Gasteiger partial charge in [0.2, 0.25) is 17.8 Å². The minimum atomic E-state index is -0.263. The number of hydrogen-bond donors (Lipinski definition) is 3. The van der Waals surface area contributed by atoms with Crippen LogP contribution in [0.5, 0.6) is 11.5 Å². The van der Waals surface area contributed by atoms with Gasteiger partial charge in [-0.3, -0.25) is 19.9 Å². The molecule has 7 rings (SSSR count). The molecule has 0 bridgehead atoms. The molecule has 2 atom stereocenters. The van der Waals surface area contributed by atoms with Gasteiger partial charge in [-0.2, -0.15) is 5.10 Å². The van der Waals surface area contributed by atoms with E-state index in [-0.39, 0.29) is 34.9 Å². The number of amides is 2. The lowest BCUT2D eigenvalue weighted by Crippen LogP contribution is -2.38. The lowest BCUT2D eigenvalue weighted by atomic mass is 9.72. The molecule has 3 N–H and O–H groups in total. The van der Waals surface area contributed by atoms with Crippen molar-refractivity contribution in [3.63, 3.8) is 0 Å². The third-order valence-electron chi connectivity index (χ3n) is 8.98. The highest BCUT2D eigenvalue weighted by molar-refractivity contribution is 8.14. The molecule has 2 aromatic heterocycles. The minimum Gasteiger partial charge on any atom is -0.497 e. The average Bonchev–Trinajstić information content (AvgIpc) is 3.81. The number of anilines is 3. The Hall–Kier alpha value is -4.21. The Kier molecular flexibility index (Phi) is 9.24. The van der Waals surface area contributed by atoms with Crippen LogP contribution in [0, 0.1) is 11.3 Å². The number of thiophene rings is 1. The first-order valence-electron chi connectivity index (χ1n) is 16.0. The van der Waals surface area contributed by atoms with Crippen LogP contribution in [0.15, 0.2) is 58.8 Å². The van der Waals surface area contributed by atoms with Crippen molar-refractivity contribution in [3.8, 4) is 16.5 Å². The Balaban J connectivity index is 1.13. The van der Waals surface area contributed by atoms with Crippen molar-refractivity contribution in [2.45, 2.75) is 51.4 Å². The molecule has 2 aliphatic heterocycles. The molecule has 4 heterocycles. The summed E-state index contributed by atoms with van der Waals surface area (Å²) in [5, 5.41) is 22.1. The second kappa shape index (κ2) is 13.6. The van der Waals surface area contributed by atoms with Crippen LogP contribution in [-0.4, -0.2) is 57.5 Å². The number of hydrogen-bond acceptors (Lipinski definition) is 12. The van der Waals surface area contributed by atoms with Gasteiger partial charge in [-0.25, -0.2) is 4.57 Å². The molecule has 1 unspecified atom stereocenters. The van der Waals surface area contributed by atoms with E-state index in [4.69, 9.17) is 14.6 Å². The van der Waals surface area contributed by atoms with Gasteiger partial charge in [0, 0.05) is 21.8 Å². The minimum absolute atomic E-state index is 0.150. The second-order valence-corrected chi connectivity index (χ2v) is 16.0. The number of nitrogens with one attached hydrogen (secondary N) is 3. The number of carbonyl (C=O) groups is 2. The van der Waals surface area contributed by atoms with Crippen LogP contribution in [-0.2, 0) is 22.4 Å². The molecule has 3 aliphatic rings. The molecule has 0 saturated carbocycles. The number of carbonyl (C=O) groups excluding carboxylic acids is 2. The Bertz CT molecular complexity index is 1900. The van der Waals surface area contributed by atoms with Crippen molar-refractivity contribution in [1.82, 2.24) is 20.2 Å². The first-order valence-corrected chi connectivity index (χ1v) is 18.8. The highest BCUT2D eigenvalue weighted by atomic mass is 32.2. The van der Waals surface area contributed by atoms with Gasteiger partial charge in [-0.15, -0.1) is 21.5 Å². The zero-order valence-electron chi connectivity index (χ0n) is 27.9. The topological polar surface area (TPSA) is 135 Å². The number of thioether (sulfide) groups is 2. The predicted octanol–water partition coefficient (Wildman–Crippen LogP) is 6.29. The third-order valence-corrected chi connectivity index (χ3v) is 12.1. The van der Waals surface area contributed by atoms with Crippen LogP contribution in [0.4, 0.5) is 17.3 Å². The van der Waals surface area contributed by atoms with Gasteiger partial charge in [-0.1, -0.05) is 44.3 Å². The zero-order chi connectivity index (χ0) is 34.3. The number of fused-ring (bicyclic) bond motifs is 8. The smallest absolute Gasteiger partial charge is 0.241 e. The zero-order valence-corrected chi connectivity index (χ0v) is 30.4. The summed E-state index contributed by atoms with van der Waals surface area (Å²) in [5.41, 5.74) is 7.47. The van der Waals surface area contributed by atoms with E-state index in [1.807, 2.05) is 29.2 Å². The summed E-state index contributed by atoms with van der Waals surface area (Å²) in [7, 11) is 3.21. The molecule has 49 heavy (non-hydrogen) atoms. The van der Waals surface area contributed by atoms with Crippen LogP contribution in [0.1, 0.15) is 49.4 Å². The molecule has 2 amide bonds. The van der Waals surface area contributed by atoms with Crippen molar-refractivity contribution in [1.29, 1.82) is 0 Å². The Morgan fingerprint density at radius 2 is 1.55 bits per heavy atom. The fourth-order valence-electron chi connectivity index (χ4n) is 6.31. The number of rotatable bonds is 9. The van der Waals surface area contributed by atoms with Gasteiger partial charge in [0.1, 0.15) is 16.5 Å². The molecule has 0 saturated heterocycles. The first kappa shape index (κ1) is 33.3. The number of ether oxygens (including phenoxy) is 2. The van der Waals surface area contributed by atoms with Gasteiger partial charge >= 0.3 is 0 Å². The van der Waals surface area contributed by atoms with Crippen LogP contribution in [0.3, 0.4) is 0 Å². The molecular formula is C34H38N8O4S3. The number of methoxy groups -OCH3 is 2. The van der Waals surface area contributed by atoms with E-state index < -0.39 is 0 Å². The maximum atomic E-state index is 13.0. The standard InChI is InChI=1S/C34H38N8O4S3/c1-34(2,3)19-6-15-24-25(16-19)49-30-28(24)29-37-39-32(47-17-26(43)35-20-7-11-22(45-4)12-8-20)41(29)31-38-40-33(42(30)31)48-18-27(44)36-21-9-13-23(46-5)14-10-21/h7-14,19,29,37H,6,15-18H2,1-5H3,(H,35,43)(H,36,44)/t19-,29?/m1/s1. The quantitative estimate of drug-likeness (QED) is 0.170. The molecule has 12 nitrogen and oxygen atoms in total. The molecule has 2 aromatic carbocycles. The van der Waals surface area contributed by atoms with Crippen molar-refractivity contribution in [3.05, 3.63) is 64.5 Å². The van der Waals surface area contributed by atoms with Crippen molar-refractivity contribution >= 4 is 69.2 Å². The molecule has 0 radical (unpaired) electrons. The maximum absolute atomic E-state index is 13.0. The van der Waals surface area contributed by atoms with Gasteiger partial charge in [0.25, 0.3) is 0 Å². The fourth-order valence-corrected chi connectivity index (χ4v) is 9.33. The normalized spacial score (nSPS) is 17.6. The lowest BCUT2D eigenvalue weighted by molar-refractivity contribution is -0.114. The molecule has 4 aromatic rings. The lowest BCUT2D eigenvalue weighted by Gasteiger charge is -2.35. The summed E-state index contributed by atoms with van der Waals surface area (Å²) in [4.78, 5) is 29.4. The highest BCUT2D eigenvalue weighted by Gasteiger charge is 2.45. The van der Waals surface area contributed by atoms with Gasteiger partial charge < -0.3 is 20.1 Å². The van der Waals surface area contributed by atoms with E-state index in [1.54, 1.807) is 49.8 Å². The maximum Gasteiger partial charge on any atom is 0.241 e. The summed E-state index contributed by atoms with van der Waals surface area (Å²) in [5.74, 6) is 2.63. The van der Waals surface area contributed by atoms with Crippen molar-refractivity contribution in [2.75, 3.05) is 41.3 Å². The number of hydrazone groups is 1. The summed E-state index contributed by atoms with van der Waals surface area (Å²) in [6.07, 6.45) is 2.84. The van der Waals surface area contributed by atoms with E-state index in [2.05, 4.69) is 51.6 Å². The Labute approximate surface area is 297 Å². The van der Waals surface area contributed by atoms with Crippen LogP contribution in [0.2, 0.25) is 0 Å². The first-order chi connectivity index (χ1) is 23.6. The largest absolute Gasteiger partial charge is 0.497 e. The monoisotopic (exact) mass is 718 g/mol.